The molecule has 100 valence electrons. The molecule has 0 unspecified atom stereocenters. The lowest BCUT2D eigenvalue weighted by Crippen LogP contribution is -2.37. The average Bonchev–Trinajstić information content (AvgIpc) is 2.77. The standard InChI is InChI=1S/C15H18N2O2/c18-14(11-6-2-1-3-7-11)10-15-16-12-8-4-5-9-13(12)17(15)19/h1-3,6-7,10,12-13,16,19H,4-5,8-9H2/b15-10-/t12-,13-/m1/s1. The number of allylic oxidation sites excluding steroid dienone is 1. The van der Waals surface area contributed by atoms with Crippen molar-refractivity contribution in [2.75, 3.05) is 0 Å². The highest BCUT2D eigenvalue weighted by molar-refractivity contribution is 6.04. The first-order chi connectivity index (χ1) is 9.25. The monoisotopic (exact) mass is 258 g/mol. The number of hydrogen-bond donors (Lipinski definition) is 2. The quantitative estimate of drug-likeness (QED) is 0.631. The minimum absolute atomic E-state index is 0.0826. The summed E-state index contributed by atoms with van der Waals surface area (Å²) < 4.78 is 0. The van der Waals surface area contributed by atoms with Gasteiger partial charge in [-0.15, -0.1) is 0 Å². The maximum absolute atomic E-state index is 12.1. The number of fused-ring (bicyclic) bond motifs is 1. The van der Waals surface area contributed by atoms with Crippen LogP contribution in [0.1, 0.15) is 36.0 Å². The number of ketones is 1. The van der Waals surface area contributed by atoms with Crippen LogP contribution in [0.15, 0.2) is 42.2 Å². The molecule has 0 spiro atoms. The molecule has 1 saturated heterocycles. The maximum Gasteiger partial charge on any atom is 0.189 e. The van der Waals surface area contributed by atoms with Gasteiger partial charge in [-0.1, -0.05) is 43.2 Å². The summed E-state index contributed by atoms with van der Waals surface area (Å²) in [6.07, 6.45) is 5.85. The van der Waals surface area contributed by atoms with E-state index in [9.17, 15) is 10.0 Å². The van der Waals surface area contributed by atoms with Gasteiger partial charge in [-0.3, -0.25) is 10.0 Å². The van der Waals surface area contributed by atoms with Crippen LogP contribution in [0.2, 0.25) is 0 Å². The van der Waals surface area contributed by atoms with Crippen LogP contribution in [0.4, 0.5) is 0 Å². The van der Waals surface area contributed by atoms with Crippen LogP contribution in [0.25, 0.3) is 0 Å². The highest BCUT2D eigenvalue weighted by Crippen LogP contribution is 2.29. The fourth-order valence-electron chi connectivity index (χ4n) is 2.92. The highest BCUT2D eigenvalue weighted by Gasteiger charge is 2.37. The Hall–Kier alpha value is -1.81. The minimum atomic E-state index is -0.0826. The first-order valence-corrected chi connectivity index (χ1v) is 6.81. The third-order valence-corrected chi connectivity index (χ3v) is 3.95. The zero-order valence-corrected chi connectivity index (χ0v) is 10.7. The van der Waals surface area contributed by atoms with Crippen molar-refractivity contribution in [2.45, 2.75) is 37.8 Å². The second kappa shape index (κ2) is 5.05. The van der Waals surface area contributed by atoms with Crippen molar-refractivity contribution in [3.8, 4) is 0 Å². The van der Waals surface area contributed by atoms with E-state index < -0.39 is 0 Å². The van der Waals surface area contributed by atoms with E-state index in [1.54, 1.807) is 12.1 Å². The van der Waals surface area contributed by atoms with E-state index >= 15 is 0 Å². The molecule has 1 saturated carbocycles. The Kier molecular flexibility index (Phi) is 3.25. The topological polar surface area (TPSA) is 52.6 Å². The zero-order chi connectivity index (χ0) is 13.2. The number of carbonyl (C=O) groups is 1. The van der Waals surface area contributed by atoms with Gasteiger partial charge in [-0.05, 0) is 12.8 Å². The molecule has 2 aliphatic rings. The number of hydrogen-bond acceptors (Lipinski definition) is 4. The lowest BCUT2D eigenvalue weighted by atomic mass is 9.92. The normalized spacial score (nSPS) is 28.1. The van der Waals surface area contributed by atoms with Crippen molar-refractivity contribution in [2.24, 2.45) is 0 Å². The SMILES string of the molecule is O=C(/C=C1/N[C@@H]2CCCC[C@H]2N1O)c1ccccc1. The third-order valence-electron chi connectivity index (χ3n) is 3.95. The molecule has 2 atom stereocenters. The van der Waals surface area contributed by atoms with Gasteiger partial charge in [0.05, 0.1) is 12.1 Å². The fourth-order valence-corrected chi connectivity index (χ4v) is 2.92. The van der Waals surface area contributed by atoms with E-state index in [1.165, 1.54) is 17.6 Å². The van der Waals surface area contributed by atoms with Gasteiger partial charge in [0.1, 0.15) is 5.82 Å². The first-order valence-electron chi connectivity index (χ1n) is 6.81. The second-order valence-electron chi connectivity index (χ2n) is 5.21. The van der Waals surface area contributed by atoms with Crippen LogP contribution < -0.4 is 5.32 Å². The molecule has 4 nitrogen and oxygen atoms in total. The molecule has 0 amide bonds. The van der Waals surface area contributed by atoms with Gasteiger partial charge in [0.15, 0.2) is 5.78 Å². The summed E-state index contributed by atoms with van der Waals surface area (Å²) in [6.45, 7) is 0. The van der Waals surface area contributed by atoms with Gasteiger partial charge < -0.3 is 5.32 Å². The second-order valence-corrected chi connectivity index (χ2v) is 5.21. The summed E-state index contributed by atoms with van der Waals surface area (Å²) in [4.78, 5) is 12.1. The number of benzene rings is 1. The van der Waals surface area contributed by atoms with E-state index in [2.05, 4.69) is 5.32 Å². The molecule has 1 aliphatic carbocycles. The molecule has 1 aromatic rings. The Morgan fingerprint density at radius 1 is 1.26 bits per heavy atom. The smallest absolute Gasteiger partial charge is 0.189 e. The van der Waals surface area contributed by atoms with E-state index in [-0.39, 0.29) is 17.9 Å². The molecule has 1 aliphatic heterocycles. The third kappa shape index (κ3) is 2.36. The molecule has 4 heteroatoms. The van der Waals surface area contributed by atoms with Gasteiger partial charge in [-0.2, -0.15) is 0 Å². The lowest BCUT2D eigenvalue weighted by Gasteiger charge is -2.26. The first kappa shape index (κ1) is 12.2. The van der Waals surface area contributed by atoms with E-state index in [0.717, 1.165) is 19.3 Å². The van der Waals surface area contributed by atoms with Crippen LogP contribution in [0.5, 0.6) is 0 Å². The van der Waals surface area contributed by atoms with Gasteiger partial charge in [-0.25, -0.2) is 5.06 Å². The number of nitrogens with zero attached hydrogens (tertiary/aromatic N) is 1. The van der Waals surface area contributed by atoms with Crippen LogP contribution in [-0.4, -0.2) is 28.1 Å². The van der Waals surface area contributed by atoms with Crippen molar-refractivity contribution in [1.29, 1.82) is 0 Å². The fraction of sp³-hybridized carbons (Fsp3) is 0.400. The van der Waals surface area contributed by atoms with Crippen molar-refractivity contribution < 1.29 is 10.0 Å². The number of nitrogens with one attached hydrogen (secondary N) is 1. The number of hydroxylamine groups is 2. The minimum Gasteiger partial charge on any atom is -0.365 e. The summed E-state index contributed by atoms with van der Waals surface area (Å²) in [5, 5.41) is 14.6. The van der Waals surface area contributed by atoms with Crippen LogP contribution in [0.3, 0.4) is 0 Å². The Morgan fingerprint density at radius 2 is 2.00 bits per heavy atom. The highest BCUT2D eigenvalue weighted by atomic mass is 16.5. The lowest BCUT2D eigenvalue weighted by molar-refractivity contribution is -0.0841. The van der Waals surface area contributed by atoms with Crippen molar-refractivity contribution in [1.82, 2.24) is 10.4 Å². The zero-order valence-electron chi connectivity index (χ0n) is 10.7. The molecule has 0 bridgehead atoms. The summed E-state index contributed by atoms with van der Waals surface area (Å²) in [7, 11) is 0. The molecular weight excluding hydrogens is 240 g/mol. The molecule has 0 aromatic heterocycles. The predicted octanol–water partition coefficient (Wildman–Crippen LogP) is 2.32. The van der Waals surface area contributed by atoms with Gasteiger partial charge in [0.25, 0.3) is 0 Å². The van der Waals surface area contributed by atoms with Crippen molar-refractivity contribution >= 4 is 5.78 Å². The van der Waals surface area contributed by atoms with Crippen LogP contribution in [0, 0.1) is 0 Å². The molecule has 3 rings (SSSR count). The molecule has 1 aromatic carbocycles. The Bertz CT molecular complexity index is 498. The summed E-state index contributed by atoms with van der Waals surface area (Å²) in [5.74, 6) is 0.451. The Balaban J connectivity index is 1.79. The van der Waals surface area contributed by atoms with E-state index in [1.807, 2.05) is 18.2 Å². The summed E-state index contributed by atoms with van der Waals surface area (Å²) >= 11 is 0. The predicted molar refractivity (Wildman–Crippen MR) is 71.7 cm³/mol. The van der Waals surface area contributed by atoms with Crippen LogP contribution >= 0.6 is 0 Å². The van der Waals surface area contributed by atoms with Gasteiger partial charge in [0.2, 0.25) is 0 Å². The Morgan fingerprint density at radius 3 is 2.74 bits per heavy atom. The summed E-state index contributed by atoms with van der Waals surface area (Å²) in [6, 6.07) is 9.50. The Labute approximate surface area is 112 Å². The van der Waals surface area contributed by atoms with Gasteiger partial charge in [0, 0.05) is 11.6 Å². The maximum atomic E-state index is 12.1. The average molecular weight is 258 g/mol. The van der Waals surface area contributed by atoms with Crippen LogP contribution in [-0.2, 0) is 0 Å². The van der Waals surface area contributed by atoms with E-state index in [0.29, 0.717) is 11.4 Å². The number of carbonyl (C=O) groups excluding carboxylic acids is 1. The molecule has 1 heterocycles. The van der Waals surface area contributed by atoms with Crippen molar-refractivity contribution in [3.63, 3.8) is 0 Å². The number of rotatable bonds is 2. The largest absolute Gasteiger partial charge is 0.365 e. The molecule has 2 N–H and O–H groups in total. The summed E-state index contributed by atoms with van der Waals surface area (Å²) in [5.41, 5.74) is 0.639. The van der Waals surface area contributed by atoms with Gasteiger partial charge >= 0.3 is 0 Å². The van der Waals surface area contributed by atoms with E-state index in [4.69, 9.17) is 0 Å². The molecule has 2 fully saturated rings. The molecular formula is C15H18N2O2. The molecule has 19 heavy (non-hydrogen) atoms. The van der Waals surface area contributed by atoms with Crippen molar-refractivity contribution in [3.05, 3.63) is 47.8 Å². The molecule has 0 radical (unpaired) electrons.